The fourth-order valence-corrected chi connectivity index (χ4v) is 3.99. The molecule has 1 aromatic rings. The van der Waals surface area contributed by atoms with Crippen LogP contribution in [0.25, 0.3) is 0 Å². The maximum absolute atomic E-state index is 6.05. The molecule has 1 fully saturated rings. The molecule has 0 saturated heterocycles. The number of benzene rings is 1. The zero-order valence-electron chi connectivity index (χ0n) is 12.7. The highest BCUT2D eigenvalue weighted by atomic mass is 15.2. The number of hydrogen-bond donors (Lipinski definition) is 1. The Morgan fingerprint density at radius 3 is 2.60 bits per heavy atom. The van der Waals surface area contributed by atoms with Gasteiger partial charge in [-0.3, -0.25) is 4.90 Å². The molecule has 0 bridgehead atoms. The van der Waals surface area contributed by atoms with Crippen LogP contribution in [0, 0.1) is 0 Å². The summed E-state index contributed by atoms with van der Waals surface area (Å²) in [4.78, 5) is 2.76. The predicted octanol–water partition coefficient (Wildman–Crippen LogP) is 3.31. The highest BCUT2D eigenvalue weighted by molar-refractivity contribution is 5.40. The summed E-state index contributed by atoms with van der Waals surface area (Å²) in [7, 11) is 0. The molecule has 1 unspecified atom stereocenters. The molecule has 1 saturated carbocycles. The monoisotopic (exact) mass is 272 g/mol. The van der Waals surface area contributed by atoms with Crippen LogP contribution in [0.3, 0.4) is 0 Å². The summed E-state index contributed by atoms with van der Waals surface area (Å²) in [6, 6.07) is 10.2. The van der Waals surface area contributed by atoms with Gasteiger partial charge in [-0.2, -0.15) is 0 Å². The molecule has 110 valence electrons. The predicted molar refractivity (Wildman–Crippen MR) is 85.0 cm³/mol. The van der Waals surface area contributed by atoms with Crippen molar-refractivity contribution in [3.63, 3.8) is 0 Å². The van der Waals surface area contributed by atoms with Gasteiger partial charge in [0, 0.05) is 24.5 Å². The molecule has 0 spiro atoms. The Labute approximate surface area is 123 Å². The summed E-state index contributed by atoms with van der Waals surface area (Å²) in [5.74, 6) is 0.772. The normalized spacial score (nSPS) is 29.1. The van der Waals surface area contributed by atoms with Crippen molar-refractivity contribution >= 4 is 0 Å². The van der Waals surface area contributed by atoms with E-state index in [0.717, 1.165) is 12.0 Å². The number of rotatable bonds is 5. The molecule has 0 amide bonds. The molecule has 0 radical (unpaired) electrons. The van der Waals surface area contributed by atoms with Gasteiger partial charge in [0.15, 0.2) is 0 Å². The Bertz CT molecular complexity index is 435. The van der Waals surface area contributed by atoms with Crippen LogP contribution < -0.4 is 5.73 Å². The number of nitrogens with zero attached hydrogens (tertiary/aromatic N) is 1. The zero-order valence-corrected chi connectivity index (χ0v) is 12.7. The topological polar surface area (TPSA) is 29.3 Å². The van der Waals surface area contributed by atoms with Gasteiger partial charge >= 0.3 is 0 Å². The van der Waals surface area contributed by atoms with Crippen molar-refractivity contribution in [3.05, 3.63) is 35.4 Å². The van der Waals surface area contributed by atoms with Crippen molar-refractivity contribution in [1.29, 1.82) is 0 Å². The molecule has 0 aromatic heterocycles. The van der Waals surface area contributed by atoms with Crippen molar-refractivity contribution < 1.29 is 0 Å². The highest BCUT2D eigenvalue weighted by Crippen LogP contribution is 2.36. The first-order valence-corrected chi connectivity index (χ1v) is 8.35. The van der Waals surface area contributed by atoms with E-state index in [4.69, 9.17) is 5.73 Å². The Hall–Kier alpha value is -0.860. The fraction of sp³-hybridized carbons (Fsp3) is 0.667. The van der Waals surface area contributed by atoms with Gasteiger partial charge in [-0.05, 0) is 56.2 Å². The lowest BCUT2D eigenvalue weighted by molar-refractivity contribution is 0.137. The number of fused-ring (bicyclic) bond motifs is 1. The lowest BCUT2D eigenvalue weighted by Crippen LogP contribution is -2.44. The molecular weight excluding hydrogens is 244 g/mol. The third-order valence-corrected chi connectivity index (χ3v) is 5.18. The first-order chi connectivity index (χ1) is 9.78. The van der Waals surface area contributed by atoms with E-state index in [1.807, 2.05) is 0 Å². The molecule has 2 heteroatoms. The maximum atomic E-state index is 6.05. The van der Waals surface area contributed by atoms with E-state index in [1.54, 1.807) is 11.1 Å². The van der Waals surface area contributed by atoms with Crippen LogP contribution in [-0.4, -0.2) is 30.1 Å². The third-order valence-electron chi connectivity index (χ3n) is 5.18. The second kappa shape index (κ2) is 6.28. The standard InChI is InChI=1S/C18H28N2/c1-2-11-20(17-9-7-16(19)8-10-17)13-15-12-14-5-3-4-6-18(14)15/h3-6,15-17H,2,7-13,19H2,1H3. The van der Waals surface area contributed by atoms with Gasteiger partial charge in [0.1, 0.15) is 0 Å². The molecule has 20 heavy (non-hydrogen) atoms. The lowest BCUT2D eigenvalue weighted by Gasteiger charge is -2.41. The molecule has 2 nitrogen and oxygen atoms in total. The molecular formula is C18H28N2. The summed E-state index contributed by atoms with van der Waals surface area (Å²) in [6.07, 6.45) is 7.57. The number of hydrogen-bond acceptors (Lipinski definition) is 2. The molecule has 2 aliphatic carbocycles. The van der Waals surface area contributed by atoms with E-state index in [0.29, 0.717) is 6.04 Å². The Morgan fingerprint density at radius 2 is 1.90 bits per heavy atom. The quantitative estimate of drug-likeness (QED) is 0.891. The molecule has 2 aliphatic rings. The smallest absolute Gasteiger partial charge is 0.00966 e. The summed E-state index contributed by atoms with van der Waals surface area (Å²) in [5, 5.41) is 0. The maximum Gasteiger partial charge on any atom is 0.00966 e. The largest absolute Gasteiger partial charge is 0.328 e. The van der Waals surface area contributed by atoms with Crippen molar-refractivity contribution in [1.82, 2.24) is 4.90 Å². The van der Waals surface area contributed by atoms with Crippen LogP contribution >= 0.6 is 0 Å². The van der Waals surface area contributed by atoms with Crippen LogP contribution in [0.5, 0.6) is 0 Å². The van der Waals surface area contributed by atoms with Crippen molar-refractivity contribution in [3.8, 4) is 0 Å². The van der Waals surface area contributed by atoms with Crippen LogP contribution in [0.15, 0.2) is 24.3 Å². The van der Waals surface area contributed by atoms with E-state index in [1.165, 1.54) is 51.6 Å². The highest BCUT2D eigenvalue weighted by Gasteiger charge is 2.30. The molecule has 1 aromatic carbocycles. The second-order valence-electron chi connectivity index (χ2n) is 6.66. The van der Waals surface area contributed by atoms with E-state index in [2.05, 4.69) is 36.1 Å². The fourth-order valence-electron chi connectivity index (χ4n) is 3.99. The molecule has 0 aliphatic heterocycles. The molecule has 1 atom stereocenters. The van der Waals surface area contributed by atoms with E-state index >= 15 is 0 Å². The average molecular weight is 272 g/mol. The Morgan fingerprint density at radius 1 is 1.15 bits per heavy atom. The van der Waals surface area contributed by atoms with Crippen LogP contribution in [0.1, 0.15) is 56.1 Å². The van der Waals surface area contributed by atoms with Crippen molar-refractivity contribution in [2.24, 2.45) is 5.73 Å². The summed E-state index contributed by atoms with van der Waals surface area (Å²) in [5.41, 5.74) is 9.22. The van der Waals surface area contributed by atoms with E-state index in [-0.39, 0.29) is 0 Å². The lowest BCUT2D eigenvalue weighted by atomic mass is 9.77. The minimum Gasteiger partial charge on any atom is -0.328 e. The summed E-state index contributed by atoms with van der Waals surface area (Å²) >= 11 is 0. The SMILES string of the molecule is CCCN(CC1Cc2ccccc21)C1CCC(N)CC1. The average Bonchev–Trinajstić information content (AvgIpc) is 2.44. The third kappa shape index (κ3) is 2.91. The van der Waals surface area contributed by atoms with Gasteiger partial charge in [0.05, 0.1) is 0 Å². The van der Waals surface area contributed by atoms with Gasteiger partial charge in [-0.25, -0.2) is 0 Å². The summed E-state index contributed by atoms with van der Waals surface area (Å²) < 4.78 is 0. The Balaban J connectivity index is 1.61. The minimum atomic E-state index is 0.458. The van der Waals surface area contributed by atoms with Gasteiger partial charge in [0.2, 0.25) is 0 Å². The van der Waals surface area contributed by atoms with Gasteiger partial charge in [-0.1, -0.05) is 31.2 Å². The first kappa shape index (κ1) is 14.1. The molecule has 2 N–H and O–H groups in total. The van der Waals surface area contributed by atoms with Gasteiger partial charge in [-0.15, -0.1) is 0 Å². The Kier molecular flexibility index (Phi) is 4.42. The van der Waals surface area contributed by atoms with Gasteiger partial charge < -0.3 is 5.73 Å². The van der Waals surface area contributed by atoms with Crippen molar-refractivity contribution in [2.75, 3.05) is 13.1 Å². The van der Waals surface area contributed by atoms with Gasteiger partial charge in [0.25, 0.3) is 0 Å². The number of nitrogens with two attached hydrogens (primary N) is 1. The second-order valence-corrected chi connectivity index (χ2v) is 6.66. The van der Waals surface area contributed by atoms with E-state index in [9.17, 15) is 0 Å². The van der Waals surface area contributed by atoms with Crippen molar-refractivity contribution in [2.45, 2.75) is 63.5 Å². The van der Waals surface area contributed by atoms with Crippen LogP contribution in [0.4, 0.5) is 0 Å². The molecule has 3 rings (SSSR count). The first-order valence-electron chi connectivity index (χ1n) is 8.35. The molecule has 0 heterocycles. The minimum absolute atomic E-state index is 0.458. The van der Waals surface area contributed by atoms with Crippen LogP contribution in [0.2, 0.25) is 0 Å². The zero-order chi connectivity index (χ0) is 13.9. The van der Waals surface area contributed by atoms with E-state index < -0.39 is 0 Å². The van der Waals surface area contributed by atoms with Crippen LogP contribution in [-0.2, 0) is 6.42 Å². The summed E-state index contributed by atoms with van der Waals surface area (Å²) in [6.45, 7) is 4.81.